The van der Waals surface area contributed by atoms with E-state index in [4.69, 9.17) is 9.84 Å². The number of carboxylic acids is 1. The monoisotopic (exact) mass is 445 g/mol. The summed E-state index contributed by atoms with van der Waals surface area (Å²) in [7, 11) is -6.23. The van der Waals surface area contributed by atoms with Crippen LogP contribution in [0.4, 0.5) is 25.2 Å². The van der Waals surface area contributed by atoms with Crippen molar-refractivity contribution in [1.29, 1.82) is 0 Å². The Morgan fingerprint density at radius 1 is 1.07 bits per heavy atom. The minimum absolute atomic E-state index is 0.176. The van der Waals surface area contributed by atoms with E-state index < -0.39 is 13.8 Å². The number of nitrogens with zero attached hydrogens (tertiary/aromatic N) is 1. The van der Waals surface area contributed by atoms with Crippen molar-refractivity contribution in [2.24, 2.45) is 0 Å². The number of quaternary nitrogens is 1. The van der Waals surface area contributed by atoms with Gasteiger partial charge in [0.2, 0.25) is 0 Å². The van der Waals surface area contributed by atoms with Crippen LogP contribution < -0.4 is 0 Å². The number of rotatable bonds is 9. The van der Waals surface area contributed by atoms with Crippen molar-refractivity contribution < 1.29 is 49.1 Å². The fourth-order valence-corrected chi connectivity index (χ4v) is 1.42. The van der Waals surface area contributed by atoms with Gasteiger partial charge in [0, 0.05) is 18.1 Å². The van der Waals surface area contributed by atoms with Crippen molar-refractivity contribution in [3.63, 3.8) is 0 Å². The van der Waals surface area contributed by atoms with Crippen molar-refractivity contribution in [2.75, 3.05) is 33.8 Å². The van der Waals surface area contributed by atoms with Crippen LogP contribution in [-0.2, 0) is 14.3 Å². The number of unbranched alkanes of at least 4 members (excludes halogenated alkanes) is 1. The molecular weight excluding hydrogens is 415 g/mol. The van der Waals surface area contributed by atoms with Gasteiger partial charge in [0.25, 0.3) is 0 Å². The van der Waals surface area contributed by atoms with Gasteiger partial charge in [0.05, 0.1) is 33.8 Å². The molecule has 0 atom stereocenters. The van der Waals surface area contributed by atoms with Gasteiger partial charge in [-0.3, -0.25) is 0 Å². The number of hydrogen-bond acceptors (Lipinski definition) is 3. The van der Waals surface area contributed by atoms with Crippen LogP contribution in [0.3, 0.4) is 0 Å². The summed E-state index contributed by atoms with van der Waals surface area (Å²) in [5.41, 5.74) is 0.176. The molecule has 0 aliphatic heterocycles. The first-order valence-electron chi connectivity index (χ1n) is 8.17. The van der Waals surface area contributed by atoms with Crippen LogP contribution in [0.15, 0.2) is 24.8 Å². The van der Waals surface area contributed by atoms with E-state index in [0.717, 1.165) is 17.4 Å². The molecule has 170 valence electrons. The molecule has 12 heteroatoms. The summed E-state index contributed by atoms with van der Waals surface area (Å²) in [5, 5.41) is 7.89. The third kappa shape index (κ3) is 44.1. The summed E-state index contributed by atoms with van der Waals surface area (Å²) in [6.45, 7) is 12.9. The summed E-state index contributed by atoms with van der Waals surface area (Å²) >= 11 is 0. The first-order chi connectivity index (χ1) is 12.1. The average Bonchev–Trinajstić information content (AvgIpc) is 2.46. The van der Waals surface area contributed by atoms with Crippen molar-refractivity contribution in [1.82, 2.24) is 0 Å². The Morgan fingerprint density at radius 3 is 1.71 bits per heavy atom. The molecule has 5 nitrogen and oxygen atoms in total. The SMILES string of the molecule is C=C(C)C(=O)O.C=CC(=O)OCCC[N+](C)(C)CCCC.F[P-](F)(F)(F)(F)F. The molecule has 0 saturated heterocycles. The van der Waals surface area contributed by atoms with Gasteiger partial charge >= 0.3 is 44.9 Å². The van der Waals surface area contributed by atoms with Crippen LogP contribution in [-0.4, -0.2) is 55.3 Å². The Bertz CT molecular complexity index is 509. The molecule has 0 bridgehead atoms. The van der Waals surface area contributed by atoms with Gasteiger partial charge < -0.3 is 14.3 Å². The van der Waals surface area contributed by atoms with E-state index in [2.05, 4.69) is 34.2 Å². The van der Waals surface area contributed by atoms with E-state index in [1.807, 2.05) is 0 Å². The molecular formula is C16H30F6NO4P. The van der Waals surface area contributed by atoms with Crippen LogP contribution in [0, 0.1) is 0 Å². The third-order valence-electron chi connectivity index (χ3n) is 2.80. The number of hydrogen-bond donors (Lipinski definition) is 1. The van der Waals surface area contributed by atoms with E-state index in [1.165, 1.54) is 32.4 Å². The van der Waals surface area contributed by atoms with Gasteiger partial charge in [-0.05, 0) is 13.3 Å². The molecule has 0 unspecified atom stereocenters. The van der Waals surface area contributed by atoms with E-state index in [9.17, 15) is 34.8 Å². The fraction of sp³-hybridized carbons (Fsp3) is 0.625. The maximum absolute atomic E-state index is 10.8. The summed E-state index contributed by atoms with van der Waals surface area (Å²) in [5.74, 6) is -1.26. The van der Waals surface area contributed by atoms with Crippen LogP contribution >= 0.6 is 7.81 Å². The number of carbonyl (C=O) groups is 2. The summed E-state index contributed by atoms with van der Waals surface area (Å²) < 4.78 is 65.1. The Balaban J connectivity index is -0.000000397. The quantitative estimate of drug-likeness (QED) is 0.118. The van der Waals surface area contributed by atoms with Crippen molar-refractivity contribution in [2.45, 2.75) is 33.1 Å². The Morgan fingerprint density at radius 2 is 1.43 bits per heavy atom. The number of carbonyl (C=O) groups excluding carboxylic acids is 1. The van der Waals surface area contributed by atoms with Crippen LogP contribution in [0.1, 0.15) is 33.1 Å². The molecule has 0 saturated carbocycles. The second-order valence-electron chi connectivity index (χ2n) is 6.51. The van der Waals surface area contributed by atoms with Gasteiger partial charge in [0.1, 0.15) is 0 Å². The predicted octanol–water partition coefficient (Wildman–Crippen LogP) is 6.01. The van der Waals surface area contributed by atoms with Crippen LogP contribution in [0.5, 0.6) is 0 Å². The second-order valence-corrected chi connectivity index (χ2v) is 8.42. The molecule has 0 amide bonds. The third-order valence-corrected chi connectivity index (χ3v) is 2.80. The van der Waals surface area contributed by atoms with E-state index in [0.29, 0.717) is 6.61 Å². The van der Waals surface area contributed by atoms with Crippen LogP contribution in [0.25, 0.3) is 0 Å². The molecule has 0 fully saturated rings. The number of ether oxygens (including phenoxy) is 1. The normalized spacial score (nSPS) is 13.4. The predicted molar refractivity (Wildman–Crippen MR) is 98.5 cm³/mol. The first kappa shape index (κ1) is 31.1. The Hall–Kier alpha value is -1.61. The fourth-order valence-electron chi connectivity index (χ4n) is 1.42. The molecule has 0 heterocycles. The van der Waals surface area contributed by atoms with Crippen LogP contribution in [0.2, 0.25) is 0 Å². The van der Waals surface area contributed by atoms with E-state index >= 15 is 0 Å². The molecule has 1 N–H and O–H groups in total. The average molecular weight is 445 g/mol. The Kier molecular flexibility index (Phi) is 12.7. The molecule has 0 aromatic carbocycles. The van der Waals surface area contributed by atoms with Gasteiger partial charge in [-0.15, -0.1) is 0 Å². The molecule has 0 aliphatic rings. The minimum atomic E-state index is -10.7. The van der Waals surface area contributed by atoms with Crippen molar-refractivity contribution >= 4 is 19.7 Å². The number of esters is 1. The molecule has 28 heavy (non-hydrogen) atoms. The van der Waals surface area contributed by atoms with Crippen molar-refractivity contribution in [3.05, 3.63) is 24.8 Å². The zero-order valence-corrected chi connectivity index (χ0v) is 17.5. The van der Waals surface area contributed by atoms with Gasteiger partial charge in [0.15, 0.2) is 0 Å². The summed E-state index contributed by atoms with van der Waals surface area (Å²) in [6, 6.07) is 0. The van der Waals surface area contributed by atoms with Gasteiger partial charge in [-0.1, -0.05) is 26.5 Å². The van der Waals surface area contributed by atoms with E-state index in [1.54, 1.807) is 0 Å². The first-order valence-corrected chi connectivity index (χ1v) is 10.2. The molecule has 0 rings (SSSR count). The molecule has 0 radical (unpaired) electrons. The standard InChI is InChI=1S/C12H24NO2.C4H6O2.F6P/c1-5-7-9-13(3,4)10-8-11-15-12(14)6-2;1-3(2)4(5)6;1-7(2,3,4,5)6/h6H,2,5,7-11H2,1,3-4H3;1H2,2H3,(H,5,6);/q+1;;-1. The number of aliphatic carboxylic acids is 1. The zero-order chi connectivity index (χ0) is 23.3. The Labute approximate surface area is 161 Å². The molecule has 0 spiro atoms. The maximum atomic E-state index is 10.8. The number of halogens is 6. The molecule has 0 aliphatic carbocycles. The molecule has 0 aromatic rings. The summed E-state index contributed by atoms with van der Waals surface area (Å²) in [6.07, 6.45) is 4.60. The van der Waals surface area contributed by atoms with Crippen molar-refractivity contribution in [3.8, 4) is 0 Å². The zero-order valence-electron chi connectivity index (χ0n) is 16.6. The van der Waals surface area contributed by atoms with Gasteiger partial charge in [-0.25, -0.2) is 9.59 Å². The second kappa shape index (κ2) is 11.4. The molecule has 0 aromatic heterocycles. The van der Waals surface area contributed by atoms with E-state index in [-0.39, 0.29) is 11.5 Å². The topological polar surface area (TPSA) is 63.6 Å². The number of carboxylic acid groups (broad SMARTS) is 1. The van der Waals surface area contributed by atoms with Gasteiger partial charge in [-0.2, -0.15) is 0 Å². The summed E-state index contributed by atoms with van der Waals surface area (Å²) in [4.78, 5) is 20.4.